The van der Waals surface area contributed by atoms with Crippen LogP contribution in [0.1, 0.15) is 55.6 Å². The summed E-state index contributed by atoms with van der Waals surface area (Å²) in [6.45, 7) is 7.05. The average molecular weight is 350 g/mol. The number of hydrogen-bond donors (Lipinski definition) is 0. The Kier molecular flexibility index (Phi) is 7.61. The summed E-state index contributed by atoms with van der Waals surface area (Å²) in [7, 11) is -3.61. The monoisotopic (exact) mass is 350 g/mol. The van der Waals surface area contributed by atoms with Crippen LogP contribution in [0.25, 0.3) is 0 Å². The molecule has 1 aromatic rings. The average Bonchev–Trinajstić information content (AvgIpc) is 2.60. The Hall–Kier alpha value is -1.51. The van der Waals surface area contributed by atoms with Gasteiger partial charge in [-0.25, -0.2) is 4.57 Å². The number of benzene rings is 1. The third-order valence-corrected chi connectivity index (χ3v) is 5.66. The Balaban J connectivity index is 1.89. The number of phosphoric acid groups is 1. The van der Waals surface area contributed by atoms with Gasteiger partial charge in [0.05, 0.1) is 19.1 Å². The van der Waals surface area contributed by atoms with Crippen LogP contribution in [-0.4, -0.2) is 6.61 Å². The second kappa shape index (κ2) is 9.71. The van der Waals surface area contributed by atoms with Gasteiger partial charge in [-0.15, -0.1) is 0 Å². The summed E-state index contributed by atoms with van der Waals surface area (Å²) < 4.78 is 27.1. The highest BCUT2D eigenvalue weighted by molar-refractivity contribution is 7.48. The van der Waals surface area contributed by atoms with Crippen molar-refractivity contribution in [3.05, 3.63) is 61.1 Å². The van der Waals surface area contributed by atoms with Crippen LogP contribution in [0.15, 0.2) is 49.9 Å². The maximum absolute atomic E-state index is 12.1. The van der Waals surface area contributed by atoms with E-state index in [1.54, 1.807) is 0 Å². The molecule has 0 amide bonds. The fourth-order valence-corrected chi connectivity index (χ4v) is 4.17. The normalized spacial score (nSPS) is 15.7. The number of phosphoric ester groups is 1. The van der Waals surface area contributed by atoms with Crippen molar-refractivity contribution in [1.82, 2.24) is 0 Å². The Bertz CT molecular complexity index is 564. The van der Waals surface area contributed by atoms with Crippen molar-refractivity contribution < 1.29 is 18.1 Å². The van der Waals surface area contributed by atoms with Crippen molar-refractivity contribution in [1.29, 1.82) is 0 Å². The molecule has 0 unspecified atom stereocenters. The fourth-order valence-electron chi connectivity index (χ4n) is 3.28. The largest absolute Gasteiger partial charge is 0.586 e. The molecule has 1 aromatic carbocycles. The summed E-state index contributed by atoms with van der Waals surface area (Å²) in [6, 6.07) is 8.63. The lowest BCUT2D eigenvalue weighted by Gasteiger charge is -2.24. The summed E-state index contributed by atoms with van der Waals surface area (Å²) in [5.41, 5.74) is 2.82. The van der Waals surface area contributed by atoms with Gasteiger partial charge < -0.3 is 9.05 Å². The van der Waals surface area contributed by atoms with Crippen molar-refractivity contribution in [3.63, 3.8) is 0 Å². The summed E-state index contributed by atoms with van der Waals surface area (Å²) in [4.78, 5) is 0. The zero-order valence-electron chi connectivity index (χ0n) is 14.2. The second-order valence-corrected chi connectivity index (χ2v) is 7.54. The van der Waals surface area contributed by atoms with Crippen molar-refractivity contribution in [2.75, 3.05) is 6.61 Å². The number of rotatable bonds is 10. The molecule has 2 rings (SSSR count). The smallest absolute Gasteiger partial charge is 0.404 e. The van der Waals surface area contributed by atoms with E-state index in [9.17, 15) is 4.57 Å². The van der Waals surface area contributed by atoms with Crippen molar-refractivity contribution in [3.8, 4) is 0 Å². The topological polar surface area (TPSA) is 44.8 Å². The molecule has 0 aliphatic heterocycles. The maximum atomic E-state index is 12.1. The minimum Gasteiger partial charge on any atom is -0.404 e. The van der Waals surface area contributed by atoms with Crippen LogP contribution in [0.4, 0.5) is 0 Å². The van der Waals surface area contributed by atoms with Crippen molar-refractivity contribution >= 4 is 7.82 Å². The molecule has 1 fully saturated rings. The Morgan fingerprint density at radius 1 is 1.08 bits per heavy atom. The van der Waals surface area contributed by atoms with Gasteiger partial charge in [-0.05, 0) is 42.7 Å². The minimum atomic E-state index is -3.61. The molecule has 0 bridgehead atoms. The number of hydrogen-bond acceptors (Lipinski definition) is 4. The van der Waals surface area contributed by atoms with E-state index in [0.29, 0.717) is 5.92 Å². The molecule has 0 N–H and O–H groups in total. The first-order valence-corrected chi connectivity index (χ1v) is 10.1. The highest BCUT2D eigenvalue weighted by Crippen LogP contribution is 2.50. The lowest BCUT2D eigenvalue weighted by molar-refractivity contribution is 0.178. The summed E-state index contributed by atoms with van der Waals surface area (Å²) in [6.07, 6.45) is 10.3. The van der Waals surface area contributed by atoms with Crippen molar-refractivity contribution in [2.24, 2.45) is 0 Å². The third-order valence-electron chi connectivity index (χ3n) is 4.35. The lowest BCUT2D eigenvalue weighted by atomic mass is 9.81. The van der Waals surface area contributed by atoms with Gasteiger partial charge in [0, 0.05) is 0 Å². The zero-order valence-corrected chi connectivity index (χ0v) is 15.1. The maximum Gasteiger partial charge on any atom is 0.586 e. The molecule has 1 aliphatic carbocycles. The molecular weight excluding hydrogens is 323 g/mol. The van der Waals surface area contributed by atoms with Crippen LogP contribution in [0.2, 0.25) is 0 Å². The molecule has 0 spiro atoms. The van der Waals surface area contributed by atoms with Crippen LogP contribution in [-0.2, 0) is 24.6 Å². The SMILES string of the molecule is C=COP(=O)(OC=C)OCCCc1ccccc1C1CCCCC1. The van der Waals surface area contributed by atoms with E-state index in [4.69, 9.17) is 13.6 Å². The van der Waals surface area contributed by atoms with Gasteiger partial charge in [-0.3, -0.25) is 4.52 Å². The Labute approximate surface area is 145 Å². The van der Waals surface area contributed by atoms with E-state index in [0.717, 1.165) is 25.4 Å². The molecule has 24 heavy (non-hydrogen) atoms. The molecule has 5 heteroatoms. The van der Waals surface area contributed by atoms with Crippen LogP contribution >= 0.6 is 7.82 Å². The van der Waals surface area contributed by atoms with Gasteiger partial charge >= 0.3 is 7.82 Å². The first-order chi connectivity index (χ1) is 11.7. The summed E-state index contributed by atoms with van der Waals surface area (Å²) >= 11 is 0. The molecule has 0 atom stereocenters. The van der Waals surface area contributed by atoms with E-state index >= 15 is 0 Å². The molecule has 0 aromatic heterocycles. The molecule has 4 nitrogen and oxygen atoms in total. The zero-order chi connectivity index (χ0) is 17.3. The van der Waals surface area contributed by atoms with E-state index in [1.807, 2.05) is 0 Å². The predicted molar refractivity (Wildman–Crippen MR) is 96.7 cm³/mol. The predicted octanol–water partition coefficient (Wildman–Crippen LogP) is 6.11. The van der Waals surface area contributed by atoms with E-state index in [-0.39, 0.29) is 6.61 Å². The second-order valence-electron chi connectivity index (χ2n) is 5.96. The molecule has 1 aliphatic rings. The van der Waals surface area contributed by atoms with E-state index in [1.165, 1.54) is 43.2 Å². The standard InChI is InChI=1S/C19H27O4P/c1-3-21-24(20,22-4-2)23-16-10-14-18-13-8-9-15-19(18)17-11-6-5-7-12-17/h3-4,8-9,13,15,17H,1-2,5-7,10-12,14,16H2. The fraction of sp³-hybridized carbons (Fsp3) is 0.474. The highest BCUT2D eigenvalue weighted by Gasteiger charge is 2.26. The molecule has 0 radical (unpaired) electrons. The van der Waals surface area contributed by atoms with E-state index in [2.05, 4.69) is 37.4 Å². The third kappa shape index (κ3) is 5.54. The van der Waals surface area contributed by atoms with Gasteiger partial charge in [0.15, 0.2) is 0 Å². The van der Waals surface area contributed by atoms with Crippen LogP contribution < -0.4 is 0 Å². The molecule has 132 valence electrons. The quantitative estimate of drug-likeness (QED) is 0.290. The van der Waals surface area contributed by atoms with Gasteiger partial charge in [0.2, 0.25) is 0 Å². The van der Waals surface area contributed by atoms with Gasteiger partial charge in [0.25, 0.3) is 0 Å². The van der Waals surface area contributed by atoms with Gasteiger partial charge in [-0.1, -0.05) is 56.7 Å². The molecule has 1 saturated carbocycles. The minimum absolute atomic E-state index is 0.290. The van der Waals surface area contributed by atoms with Crippen LogP contribution in [0, 0.1) is 0 Å². The molecular formula is C19H27O4P. The molecule has 0 saturated heterocycles. The number of aryl methyl sites for hydroxylation is 1. The summed E-state index contributed by atoms with van der Waals surface area (Å²) in [5, 5.41) is 0. The van der Waals surface area contributed by atoms with E-state index < -0.39 is 7.82 Å². The van der Waals surface area contributed by atoms with Gasteiger partial charge in [-0.2, -0.15) is 0 Å². The first-order valence-electron chi connectivity index (χ1n) is 8.59. The van der Waals surface area contributed by atoms with Gasteiger partial charge in [0.1, 0.15) is 0 Å². The van der Waals surface area contributed by atoms with Crippen LogP contribution in [0.3, 0.4) is 0 Å². The highest BCUT2D eigenvalue weighted by atomic mass is 31.2. The Morgan fingerprint density at radius 3 is 2.42 bits per heavy atom. The molecule has 0 heterocycles. The Morgan fingerprint density at radius 2 is 1.75 bits per heavy atom. The van der Waals surface area contributed by atoms with Crippen LogP contribution in [0.5, 0.6) is 0 Å². The lowest BCUT2D eigenvalue weighted by Crippen LogP contribution is -2.08. The first kappa shape index (κ1) is 18.8. The summed E-state index contributed by atoms with van der Waals surface area (Å²) in [5.74, 6) is 0.676. The van der Waals surface area contributed by atoms with Crippen molar-refractivity contribution in [2.45, 2.75) is 50.9 Å².